The number of nitrogens with one attached hydrogen (secondary N) is 1. The summed E-state index contributed by atoms with van der Waals surface area (Å²) in [6, 6.07) is 13.6. The van der Waals surface area contributed by atoms with E-state index in [1.54, 1.807) is 61.7 Å². The molecule has 3 rings (SSSR count). The maximum atomic E-state index is 15.4. The van der Waals surface area contributed by atoms with Crippen LogP contribution >= 0.6 is 11.6 Å². The van der Waals surface area contributed by atoms with E-state index in [1.807, 2.05) is 0 Å². The summed E-state index contributed by atoms with van der Waals surface area (Å²) in [5, 5.41) is 2.92. The molecule has 1 aromatic heterocycles. The predicted octanol–water partition coefficient (Wildman–Crippen LogP) is 4.48. The number of ether oxygens (including phenoxy) is 2. The molecule has 0 saturated carbocycles. The van der Waals surface area contributed by atoms with Crippen LogP contribution in [0.5, 0.6) is 5.75 Å². The van der Waals surface area contributed by atoms with Gasteiger partial charge in [0.05, 0.1) is 30.2 Å². The Hall–Kier alpha value is -3.45. The first-order valence-electron chi connectivity index (χ1n) is 9.81. The van der Waals surface area contributed by atoms with Crippen molar-refractivity contribution in [2.75, 3.05) is 6.61 Å². The van der Waals surface area contributed by atoms with Crippen LogP contribution < -0.4 is 10.1 Å². The molecule has 0 aliphatic rings. The molecule has 1 amide bonds. The van der Waals surface area contributed by atoms with Crippen LogP contribution in [0, 0.1) is 12.9 Å². The second-order valence-electron chi connectivity index (χ2n) is 6.80. The molecule has 3 aromatic rings. The lowest BCUT2D eigenvalue weighted by molar-refractivity contribution is -0.154. The lowest BCUT2D eigenvalue weighted by atomic mass is 9.97. The molecule has 0 fully saturated rings. The third-order valence-corrected chi connectivity index (χ3v) is 4.86. The molecule has 0 atom stereocenters. The SMILES string of the molecule is [CH2-]Oc1ccc(Cc2ccc(CNC(=O)C(=O)OCC)nc2)c(F)c1-c1cccc(Cl)c1. The molecule has 1 heterocycles. The van der Waals surface area contributed by atoms with Crippen LogP contribution in [-0.4, -0.2) is 23.5 Å². The molecule has 0 radical (unpaired) electrons. The van der Waals surface area contributed by atoms with Gasteiger partial charge in [-0.15, -0.1) is 0 Å². The summed E-state index contributed by atoms with van der Waals surface area (Å²) < 4.78 is 25.1. The van der Waals surface area contributed by atoms with Crippen LogP contribution in [0.15, 0.2) is 54.7 Å². The van der Waals surface area contributed by atoms with Crippen molar-refractivity contribution in [3.8, 4) is 16.9 Å². The number of hydrogen-bond acceptors (Lipinski definition) is 5. The molecule has 8 heteroatoms. The minimum Gasteiger partial charge on any atom is -0.665 e. The van der Waals surface area contributed by atoms with Crippen molar-refractivity contribution in [3.63, 3.8) is 0 Å². The van der Waals surface area contributed by atoms with Gasteiger partial charge in [-0.1, -0.05) is 35.9 Å². The minimum atomic E-state index is -0.940. The molecule has 2 aromatic carbocycles. The second-order valence-corrected chi connectivity index (χ2v) is 7.24. The van der Waals surface area contributed by atoms with Gasteiger partial charge in [0.25, 0.3) is 0 Å². The molecule has 32 heavy (non-hydrogen) atoms. The van der Waals surface area contributed by atoms with Gasteiger partial charge in [0, 0.05) is 17.6 Å². The molecule has 1 N–H and O–H groups in total. The van der Waals surface area contributed by atoms with Crippen molar-refractivity contribution in [1.29, 1.82) is 0 Å². The number of amides is 1. The summed E-state index contributed by atoms with van der Waals surface area (Å²) in [6.45, 7) is 1.81. The van der Waals surface area contributed by atoms with Crippen molar-refractivity contribution in [2.45, 2.75) is 19.9 Å². The lowest BCUT2D eigenvalue weighted by Gasteiger charge is -2.17. The number of rotatable bonds is 7. The number of halogens is 2. The van der Waals surface area contributed by atoms with Gasteiger partial charge in [0.2, 0.25) is 0 Å². The highest BCUT2D eigenvalue weighted by molar-refractivity contribution is 6.32. The Balaban J connectivity index is 1.75. The Morgan fingerprint density at radius 2 is 2.00 bits per heavy atom. The zero-order valence-corrected chi connectivity index (χ0v) is 18.1. The summed E-state index contributed by atoms with van der Waals surface area (Å²) in [4.78, 5) is 27.2. The molecule has 0 saturated heterocycles. The van der Waals surface area contributed by atoms with Crippen molar-refractivity contribution in [2.24, 2.45) is 0 Å². The van der Waals surface area contributed by atoms with Crippen LogP contribution in [0.3, 0.4) is 0 Å². The number of aromatic nitrogens is 1. The molecule has 0 aliphatic carbocycles. The van der Waals surface area contributed by atoms with Gasteiger partial charge < -0.3 is 14.8 Å². The fourth-order valence-electron chi connectivity index (χ4n) is 3.10. The number of esters is 1. The van der Waals surface area contributed by atoms with Gasteiger partial charge in [0.1, 0.15) is 5.82 Å². The van der Waals surface area contributed by atoms with Crippen molar-refractivity contribution in [1.82, 2.24) is 10.3 Å². The standard InChI is InChI=1S/C24H21ClFN2O4/c1-3-32-24(30)23(29)28-14-19-9-7-15(13-27-19)11-17-8-10-20(31-2)21(22(17)26)16-5-4-6-18(25)12-16/h4-10,12-13H,2-3,11,14H2,1H3,(H,28,29)/q-1. The van der Waals surface area contributed by atoms with E-state index in [2.05, 4.69) is 22.1 Å². The number of carbonyl (C=O) groups is 2. The largest absolute Gasteiger partial charge is 0.665 e. The van der Waals surface area contributed by atoms with Gasteiger partial charge in [-0.2, -0.15) is 7.11 Å². The maximum absolute atomic E-state index is 15.4. The Morgan fingerprint density at radius 1 is 1.19 bits per heavy atom. The van der Waals surface area contributed by atoms with Gasteiger partial charge in [-0.3, -0.25) is 9.78 Å². The topological polar surface area (TPSA) is 77.5 Å². The van der Waals surface area contributed by atoms with E-state index < -0.39 is 17.7 Å². The van der Waals surface area contributed by atoms with Gasteiger partial charge in [-0.25, -0.2) is 9.18 Å². The highest BCUT2D eigenvalue weighted by Gasteiger charge is 2.17. The van der Waals surface area contributed by atoms with E-state index in [4.69, 9.17) is 16.3 Å². The van der Waals surface area contributed by atoms with Gasteiger partial charge >= 0.3 is 11.9 Å². The lowest BCUT2D eigenvalue weighted by Crippen LogP contribution is -2.32. The molecular weight excluding hydrogens is 435 g/mol. The van der Waals surface area contributed by atoms with E-state index in [1.165, 1.54) is 0 Å². The normalized spacial score (nSPS) is 10.5. The molecule has 0 bridgehead atoms. The Labute approximate surface area is 190 Å². The average molecular weight is 456 g/mol. The summed E-state index contributed by atoms with van der Waals surface area (Å²) in [6.07, 6.45) is 1.88. The van der Waals surface area contributed by atoms with E-state index in [0.717, 1.165) is 5.56 Å². The zero-order chi connectivity index (χ0) is 23.1. The predicted molar refractivity (Wildman–Crippen MR) is 118 cm³/mol. The summed E-state index contributed by atoms with van der Waals surface area (Å²) in [5.41, 5.74) is 2.63. The first kappa shape index (κ1) is 23.2. The number of pyridine rings is 1. The average Bonchev–Trinajstić information content (AvgIpc) is 2.79. The summed E-state index contributed by atoms with van der Waals surface area (Å²) in [5.74, 6) is -1.90. The molecule has 0 unspecified atom stereocenters. The van der Waals surface area contributed by atoms with E-state index >= 15 is 4.39 Å². The van der Waals surface area contributed by atoms with Gasteiger partial charge in [-0.05, 0) is 47.9 Å². The third kappa shape index (κ3) is 5.62. The minimum absolute atomic E-state index is 0.0702. The van der Waals surface area contributed by atoms with Crippen molar-refractivity contribution in [3.05, 3.63) is 89.5 Å². The molecule has 0 aliphatic heterocycles. The summed E-state index contributed by atoms with van der Waals surface area (Å²) >= 11 is 6.07. The first-order valence-corrected chi connectivity index (χ1v) is 10.2. The monoisotopic (exact) mass is 455 g/mol. The fourth-order valence-corrected chi connectivity index (χ4v) is 3.29. The Morgan fingerprint density at radius 3 is 2.66 bits per heavy atom. The van der Waals surface area contributed by atoms with Crippen molar-refractivity contribution < 1.29 is 23.5 Å². The number of benzene rings is 2. The first-order chi connectivity index (χ1) is 15.4. The quantitative estimate of drug-likeness (QED) is 0.323. The highest BCUT2D eigenvalue weighted by Crippen LogP contribution is 2.36. The van der Waals surface area contributed by atoms with Crippen LogP contribution in [0.4, 0.5) is 4.39 Å². The smallest absolute Gasteiger partial charge is 0.396 e. The van der Waals surface area contributed by atoms with Crippen LogP contribution in [0.2, 0.25) is 5.02 Å². The second kappa shape index (κ2) is 10.7. The van der Waals surface area contributed by atoms with E-state index in [-0.39, 0.29) is 18.7 Å². The van der Waals surface area contributed by atoms with E-state index in [0.29, 0.717) is 34.0 Å². The van der Waals surface area contributed by atoms with Crippen molar-refractivity contribution >= 4 is 23.5 Å². The van der Waals surface area contributed by atoms with Crippen LogP contribution in [-0.2, 0) is 27.3 Å². The number of hydrogen-bond donors (Lipinski definition) is 1. The molecule has 0 spiro atoms. The zero-order valence-electron chi connectivity index (χ0n) is 17.4. The van der Waals surface area contributed by atoms with Crippen LogP contribution in [0.1, 0.15) is 23.7 Å². The molecule has 166 valence electrons. The third-order valence-electron chi connectivity index (χ3n) is 4.62. The maximum Gasteiger partial charge on any atom is 0.396 e. The molecule has 6 nitrogen and oxygen atoms in total. The fraction of sp³-hybridized carbons (Fsp3) is 0.167. The Bertz CT molecular complexity index is 1120. The van der Waals surface area contributed by atoms with Gasteiger partial charge in [0.15, 0.2) is 0 Å². The Kier molecular flexibility index (Phi) is 7.78. The van der Waals surface area contributed by atoms with E-state index in [9.17, 15) is 9.59 Å². The number of carbonyl (C=O) groups excluding carboxylic acids is 2. The number of nitrogens with zero attached hydrogens (tertiary/aromatic N) is 1. The highest BCUT2D eigenvalue weighted by atomic mass is 35.5. The van der Waals surface area contributed by atoms with Crippen LogP contribution in [0.25, 0.3) is 11.1 Å². The summed E-state index contributed by atoms with van der Waals surface area (Å²) in [7, 11) is 3.41. The molecular formula is C24H21ClFN2O4-.